The maximum Gasteiger partial charge on any atom is 0.357 e. The number of hydrogen-bond acceptors (Lipinski definition) is 3. The van der Waals surface area contributed by atoms with Crippen LogP contribution in [-0.4, -0.2) is 27.7 Å². The standard InChI is InChI=1S/C12H11BrN2O3/c1-2-18-8-5-3-4-7(6-8)11-14-9(12(16)17)10(13)15-11/h3-6H,2H2,1H3,(H,14,15)(H,16,17). The molecule has 0 amide bonds. The molecule has 0 saturated heterocycles. The van der Waals surface area contributed by atoms with Crippen LogP contribution in [0.4, 0.5) is 0 Å². The Kier molecular flexibility index (Phi) is 3.66. The molecule has 0 radical (unpaired) electrons. The number of hydrogen-bond donors (Lipinski definition) is 2. The lowest BCUT2D eigenvalue weighted by atomic mass is 10.2. The number of imidazole rings is 1. The molecule has 18 heavy (non-hydrogen) atoms. The molecule has 2 rings (SSSR count). The lowest BCUT2D eigenvalue weighted by Gasteiger charge is -2.03. The van der Waals surface area contributed by atoms with E-state index in [0.29, 0.717) is 17.0 Å². The van der Waals surface area contributed by atoms with E-state index in [1.54, 1.807) is 6.07 Å². The monoisotopic (exact) mass is 310 g/mol. The number of halogens is 1. The number of nitrogens with one attached hydrogen (secondary N) is 1. The molecule has 94 valence electrons. The van der Waals surface area contributed by atoms with Crippen LogP contribution in [0.3, 0.4) is 0 Å². The van der Waals surface area contributed by atoms with Gasteiger partial charge in [-0.05, 0) is 35.0 Å². The molecule has 0 atom stereocenters. The van der Waals surface area contributed by atoms with E-state index in [0.717, 1.165) is 11.3 Å². The van der Waals surface area contributed by atoms with E-state index in [9.17, 15) is 4.79 Å². The van der Waals surface area contributed by atoms with Gasteiger partial charge in [0.25, 0.3) is 0 Å². The minimum atomic E-state index is -1.08. The predicted octanol–water partition coefficient (Wildman–Crippen LogP) is 2.94. The number of carbonyl (C=O) groups is 1. The number of H-pyrrole nitrogens is 1. The Bertz CT molecular complexity index is 580. The van der Waals surface area contributed by atoms with Crippen LogP contribution in [-0.2, 0) is 0 Å². The molecular formula is C12H11BrN2O3. The Hall–Kier alpha value is -1.82. The molecule has 0 saturated carbocycles. The number of aromatic amines is 1. The first-order valence-electron chi connectivity index (χ1n) is 5.34. The van der Waals surface area contributed by atoms with E-state index >= 15 is 0 Å². The predicted molar refractivity (Wildman–Crippen MR) is 69.9 cm³/mol. The van der Waals surface area contributed by atoms with Crippen molar-refractivity contribution in [2.75, 3.05) is 6.61 Å². The number of carboxylic acids is 1. The summed E-state index contributed by atoms with van der Waals surface area (Å²) in [6, 6.07) is 7.31. The van der Waals surface area contributed by atoms with E-state index < -0.39 is 5.97 Å². The van der Waals surface area contributed by atoms with Crippen LogP contribution in [0.5, 0.6) is 5.75 Å². The van der Waals surface area contributed by atoms with Crippen LogP contribution in [0.15, 0.2) is 28.9 Å². The van der Waals surface area contributed by atoms with E-state index in [4.69, 9.17) is 9.84 Å². The van der Waals surface area contributed by atoms with E-state index in [1.165, 1.54) is 0 Å². The van der Waals surface area contributed by atoms with Crippen LogP contribution in [0.25, 0.3) is 11.4 Å². The first-order valence-corrected chi connectivity index (χ1v) is 6.13. The lowest BCUT2D eigenvalue weighted by Crippen LogP contribution is -1.97. The van der Waals surface area contributed by atoms with Crippen LogP contribution < -0.4 is 4.74 Å². The Labute approximate surface area is 112 Å². The molecule has 0 aliphatic carbocycles. The van der Waals surface area contributed by atoms with Gasteiger partial charge in [0, 0.05) is 5.56 Å². The van der Waals surface area contributed by atoms with Gasteiger partial charge in [-0.25, -0.2) is 9.78 Å². The van der Waals surface area contributed by atoms with Crippen molar-refractivity contribution < 1.29 is 14.6 Å². The van der Waals surface area contributed by atoms with Crippen molar-refractivity contribution in [3.63, 3.8) is 0 Å². The van der Waals surface area contributed by atoms with Gasteiger partial charge in [0.2, 0.25) is 0 Å². The summed E-state index contributed by atoms with van der Waals surface area (Å²) < 4.78 is 5.74. The van der Waals surface area contributed by atoms with Gasteiger partial charge in [-0.3, -0.25) is 0 Å². The average molecular weight is 311 g/mol. The fourth-order valence-corrected chi connectivity index (χ4v) is 1.98. The zero-order valence-electron chi connectivity index (χ0n) is 9.61. The summed E-state index contributed by atoms with van der Waals surface area (Å²) in [5, 5.41) is 8.93. The number of benzene rings is 1. The number of nitrogens with zero attached hydrogens (tertiary/aromatic N) is 1. The van der Waals surface area contributed by atoms with Gasteiger partial charge in [0.15, 0.2) is 5.69 Å². The normalized spacial score (nSPS) is 10.3. The Balaban J connectivity index is 2.39. The van der Waals surface area contributed by atoms with Gasteiger partial charge in [-0.2, -0.15) is 0 Å². The van der Waals surface area contributed by atoms with E-state index in [1.807, 2.05) is 25.1 Å². The summed E-state index contributed by atoms with van der Waals surface area (Å²) in [6.07, 6.45) is 0. The van der Waals surface area contributed by atoms with E-state index in [-0.39, 0.29) is 5.69 Å². The maximum atomic E-state index is 10.9. The van der Waals surface area contributed by atoms with Crippen LogP contribution in [0.1, 0.15) is 17.4 Å². The second-order valence-corrected chi connectivity index (χ2v) is 4.31. The van der Waals surface area contributed by atoms with E-state index in [2.05, 4.69) is 25.9 Å². The van der Waals surface area contributed by atoms with Crippen LogP contribution in [0, 0.1) is 0 Å². The first-order chi connectivity index (χ1) is 8.61. The largest absolute Gasteiger partial charge is 0.494 e. The lowest BCUT2D eigenvalue weighted by molar-refractivity contribution is 0.0690. The molecule has 1 aromatic heterocycles. The Morgan fingerprint density at radius 3 is 2.94 bits per heavy atom. The topological polar surface area (TPSA) is 75.2 Å². The number of aromatic nitrogens is 2. The first kappa shape index (κ1) is 12.6. The van der Waals surface area contributed by atoms with Crippen molar-refractivity contribution in [1.82, 2.24) is 9.97 Å². The fourth-order valence-electron chi connectivity index (χ4n) is 1.53. The highest BCUT2D eigenvalue weighted by Gasteiger charge is 2.15. The molecule has 1 aromatic carbocycles. The molecule has 0 bridgehead atoms. The summed E-state index contributed by atoms with van der Waals surface area (Å²) in [5.41, 5.74) is 0.737. The Morgan fingerprint density at radius 1 is 1.56 bits per heavy atom. The summed E-state index contributed by atoms with van der Waals surface area (Å²) in [6.45, 7) is 2.48. The molecule has 1 heterocycles. The SMILES string of the molecule is CCOc1cccc(-c2nc(C(=O)O)c(Br)[nH]2)c1. The van der Waals surface area contributed by atoms with Crippen molar-refractivity contribution in [3.8, 4) is 17.1 Å². The maximum absolute atomic E-state index is 10.9. The van der Waals surface area contributed by atoms with Gasteiger partial charge in [-0.1, -0.05) is 12.1 Å². The minimum absolute atomic E-state index is 0.0354. The van der Waals surface area contributed by atoms with Crippen molar-refractivity contribution in [3.05, 3.63) is 34.6 Å². The van der Waals surface area contributed by atoms with Crippen molar-refractivity contribution in [1.29, 1.82) is 0 Å². The average Bonchev–Trinajstić information content (AvgIpc) is 2.72. The molecular weight excluding hydrogens is 300 g/mol. The third-order valence-corrected chi connectivity index (χ3v) is 2.85. The number of ether oxygens (including phenoxy) is 1. The molecule has 0 spiro atoms. The molecule has 6 heteroatoms. The summed E-state index contributed by atoms with van der Waals surface area (Å²) >= 11 is 3.13. The van der Waals surface area contributed by atoms with Gasteiger partial charge in [0.05, 0.1) is 6.61 Å². The van der Waals surface area contributed by atoms with Crippen LogP contribution in [0.2, 0.25) is 0 Å². The zero-order chi connectivity index (χ0) is 13.1. The molecule has 0 aliphatic heterocycles. The number of rotatable bonds is 4. The smallest absolute Gasteiger partial charge is 0.357 e. The summed E-state index contributed by atoms with van der Waals surface area (Å²) in [4.78, 5) is 17.8. The number of carboxylic acid groups (broad SMARTS) is 1. The van der Waals surface area contributed by atoms with Crippen LogP contribution >= 0.6 is 15.9 Å². The summed E-state index contributed by atoms with van der Waals surface area (Å²) in [5.74, 6) is 0.130. The van der Waals surface area contributed by atoms with Gasteiger partial charge in [-0.15, -0.1) is 0 Å². The highest BCUT2D eigenvalue weighted by molar-refractivity contribution is 9.10. The van der Waals surface area contributed by atoms with Crippen molar-refractivity contribution in [2.45, 2.75) is 6.92 Å². The molecule has 0 aliphatic rings. The summed E-state index contributed by atoms with van der Waals surface area (Å²) in [7, 11) is 0. The quantitative estimate of drug-likeness (QED) is 0.910. The fraction of sp³-hybridized carbons (Fsp3) is 0.167. The van der Waals surface area contributed by atoms with Crippen molar-refractivity contribution >= 4 is 21.9 Å². The van der Waals surface area contributed by atoms with Gasteiger partial charge < -0.3 is 14.8 Å². The van der Waals surface area contributed by atoms with Crippen molar-refractivity contribution in [2.24, 2.45) is 0 Å². The van der Waals surface area contributed by atoms with Gasteiger partial charge in [0.1, 0.15) is 16.2 Å². The highest BCUT2D eigenvalue weighted by Crippen LogP contribution is 2.24. The second-order valence-electron chi connectivity index (χ2n) is 3.51. The highest BCUT2D eigenvalue weighted by atomic mass is 79.9. The molecule has 2 N–H and O–H groups in total. The second kappa shape index (κ2) is 5.22. The number of aromatic carboxylic acids is 1. The molecule has 0 fully saturated rings. The molecule has 0 unspecified atom stereocenters. The molecule has 2 aromatic rings. The van der Waals surface area contributed by atoms with Gasteiger partial charge >= 0.3 is 5.97 Å². The third kappa shape index (κ3) is 2.53. The third-order valence-electron chi connectivity index (χ3n) is 2.28. The minimum Gasteiger partial charge on any atom is -0.494 e. The Morgan fingerprint density at radius 2 is 2.33 bits per heavy atom. The zero-order valence-corrected chi connectivity index (χ0v) is 11.2. The molecule has 5 nitrogen and oxygen atoms in total.